The van der Waals surface area contributed by atoms with E-state index in [0.29, 0.717) is 5.69 Å². The lowest BCUT2D eigenvalue weighted by molar-refractivity contribution is 0.604. The van der Waals surface area contributed by atoms with Crippen molar-refractivity contribution in [1.82, 2.24) is 4.98 Å². The molecule has 1 aromatic rings. The van der Waals surface area contributed by atoms with Crippen LogP contribution in [-0.2, 0) is 0 Å². The molecule has 0 aliphatic carbocycles. The molecule has 4 N–H and O–H groups in total. The molecule has 0 aliphatic heterocycles. The van der Waals surface area contributed by atoms with Gasteiger partial charge in [-0.15, -0.1) is 0 Å². The van der Waals surface area contributed by atoms with E-state index in [-0.39, 0.29) is 6.04 Å². The maximum Gasteiger partial charge on any atom is 0.0549 e. The van der Waals surface area contributed by atoms with Gasteiger partial charge in [0.1, 0.15) is 0 Å². The zero-order chi connectivity index (χ0) is 9.68. The van der Waals surface area contributed by atoms with Crippen LogP contribution in [0.4, 0.5) is 5.69 Å². The Morgan fingerprint density at radius 1 is 1.54 bits per heavy atom. The van der Waals surface area contributed by atoms with Gasteiger partial charge < -0.3 is 11.5 Å². The Hall–Kier alpha value is -1.09. The first-order chi connectivity index (χ1) is 6.25. The summed E-state index contributed by atoms with van der Waals surface area (Å²) in [6, 6.07) is 1.96. The minimum Gasteiger partial charge on any atom is -0.397 e. The van der Waals surface area contributed by atoms with Crippen LogP contribution in [0.5, 0.6) is 0 Å². The fourth-order valence-corrected chi connectivity index (χ4v) is 1.33. The molecule has 0 bridgehead atoms. The maximum atomic E-state index is 5.97. The summed E-state index contributed by atoms with van der Waals surface area (Å²) in [6.07, 6.45) is 6.69. The van der Waals surface area contributed by atoms with Gasteiger partial charge in [0.05, 0.1) is 11.9 Å². The molecule has 3 heteroatoms. The third kappa shape index (κ3) is 2.70. The van der Waals surface area contributed by atoms with Crippen molar-refractivity contribution in [3.63, 3.8) is 0 Å². The monoisotopic (exact) mass is 179 g/mol. The minimum absolute atomic E-state index is 0.0583. The van der Waals surface area contributed by atoms with Gasteiger partial charge in [-0.3, -0.25) is 4.98 Å². The normalized spacial score (nSPS) is 12.8. The number of nitrogens with zero attached hydrogens (tertiary/aromatic N) is 1. The molecule has 3 nitrogen and oxygen atoms in total. The number of unbranched alkanes of at least 4 members (excludes halogenated alkanes) is 1. The Morgan fingerprint density at radius 3 is 2.92 bits per heavy atom. The van der Waals surface area contributed by atoms with E-state index >= 15 is 0 Å². The smallest absolute Gasteiger partial charge is 0.0549 e. The Kier molecular flexibility index (Phi) is 3.71. The summed E-state index contributed by atoms with van der Waals surface area (Å²) in [6.45, 7) is 2.16. The van der Waals surface area contributed by atoms with Crippen molar-refractivity contribution in [3.8, 4) is 0 Å². The highest BCUT2D eigenvalue weighted by molar-refractivity contribution is 5.45. The molecule has 1 rings (SSSR count). The first-order valence-electron chi connectivity index (χ1n) is 4.70. The highest BCUT2D eigenvalue weighted by Crippen LogP contribution is 2.21. The highest BCUT2D eigenvalue weighted by atomic mass is 14.7. The fraction of sp³-hybridized carbons (Fsp3) is 0.500. The van der Waals surface area contributed by atoms with E-state index in [9.17, 15) is 0 Å². The van der Waals surface area contributed by atoms with E-state index in [4.69, 9.17) is 11.5 Å². The Labute approximate surface area is 79.2 Å². The average Bonchev–Trinajstić information content (AvgIpc) is 2.15. The van der Waals surface area contributed by atoms with Gasteiger partial charge in [0.25, 0.3) is 0 Å². The topological polar surface area (TPSA) is 64.9 Å². The predicted molar refractivity (Wildman–Crippen MR) is 55.1 cm³/mol. The van der Waals surface area contributed by atoms with Gasteiger partial charge in [-0.2, -0.15) is 0 Å². The lowest BCUT2D eigenvalue weighted by atomic mass is 10.0. The first kappa shape index (κ1) is 9.99. The second kappa shape index (κ2) is 4.82. The molecule has 0 saturated carbocycles. The maximum absolute atomic E-state index is 5.97. The molecule has 0 saturated heterocycles. The lowest BCUT2D eigenvalue weighted by Crippen LogP contribution is -2.12. The van der Waals surface area contributed by atoms with Gasteiger partial charge in [-0.05, 0) is 18.1 Å². The zero-order valence-electron chi connectivity index (χ0n) is 8.03. The number of hydrogen-bond acceptors (Lipinski definition) is 3. The summed E-state index contributed by atoms with van der Waals surface area (Å²) in [5.74, 6) is 0. The average molecular weight is 179 g/mol. The summed E-state index contributed by atoms with van der Waals surface area (Å²) >= 11 is 0. The molecule has 0 amide bonds. The molecule has 1 heterocycles. The van der Waals surface area contributed by atoms with Crippen LogP contribution in [0.1, 0.15) is 37.8 Å². The molecule has 72 valence electrons. The molecule has 13 heavy (non-hydrogen) atoms. The van der Waals surface area contributed by atoms with Crippen LogP contribution in [0.2, 0.25) is 0 Å². The molecule has 1 atom stereocenters. The summed E-state index contributed by atoms with van der Waals surface area (Å²) in [7, 11) is 0. The number of aromatic nitrogens is 1. The number of nitrogen functional groups attached to an aromatic ring is 1. The van der Waals surface area contributed by atoms with Gasteiger partial charge in [0.15, 0.2) is 0 Å². The van der Waals surface area contributed by atoms with Crippen molar-refractivity contribution in [2.45, 2.75) is 32.2 Å². The number of nitrogens with two attached hydrogens (primary N) is 2. The van der Waals surface area contributed by atoms with Crippen molar-refractivity contribution in [2.75, 3.05) is 5.73 Å². The number of pyridine rings is 1. The van der Waals surface area contributed by atoms with Crippen LogP contribution in [0.25, 0.3) is 0 Å². The van der Waals surface area contributed by atoms with Crippen LogP contribution in [-0.4, -0.2) is 4.98 Å². The highest BCUT2D eigenvalue weighted by Gasteiger charge is 2.07. The minimum atomic E-state index is 0.0583. The van der Waals surface area contributed by atoms with E-state index in [1.807, 2.05) is 6.07 Å². The van der Waals surface area contributed by atoms with Crippen molar-refractivity contribution < 1.29 is 0 Å². The summed E-state index contributed by atoms with van der Waals surface area (Å²) < 4.78 is 0. The summed E-state index contributed by atoms with van der Waals surface area (Å²) in [5.41, 5.74) is 13.4. The van der Waals surface area contributed by atoms with Crippen LogP contribution in [0, 0.1) is 0 Å². The van der Waals surface area contributed by atoms with Crippen molar-refractivity contribution >= 4 is 5.69 Å². The molecular formula is C10H17N3. The Bertz CT molecular complexity index is 260. The summed E-state index contributed by atoms with van der Waals surface area (Å²) in [4.78, 5) is 3.93. The number of anilines is 1. The van der Waals surface area contributed by atoms with E-state index < -0.39 is 0 Å². The third-order valence-electron chi connectivity index (χ3n) is 2.16. The molecule has 0 radical (unpaired) electrons. The number of rotatable bonds is 4. The van der Waals surface area contributed by atoms with E-state index in [0.717, 1.165) is 18.4 Å². The van der Waals surface area contributed by atoms with Gasteiger partial charge in [0.2, 0.25) is 0 Å². The predicted octanol–water partition coefficient (Wildman–Crippen LogP) is 1.85. The van der Waals surface area contributed by atoms with E-state index in [1.165, 1.54) is 6.42 Å². The molecule has 0 fully saturated rings. The molecule has 1 unspecified atom stereocenters. The first-order valence-corrected chi connectivity index (χ1v) is 4.70. The van der Waals surface area contributed by atoms with Crippen LogP contribution in [0.3, 0.4) is 0 Å². The van der Waals surface area contributed by atoms with Crippen LogP contribution in [0.15, 0.2) is 18.5 Å². The second-order valence-corrected chi connectivity index (χ2v) is 3.25. The van der Waals surface area contributed by atoms with Crippen molar-refractivity contribution in [1.29, 1.82) is 0 Å². The molecule has 1 aromatic heterocycles. The molecular weight excluding hydrogens is 162 g/mol. The largest absolute Gasteiger partial charge is 0.397 e. The summed E-state index contributed by atoms with van der Waals surface area (Å²) in [5, 5.41) is 0. The molecule has 0 aromatic carbocycles. The number of hydrogen-bond donors (Lipinski definition) is 2. The quantitative estimate of drug-likeness (QED) is 0.741. The zero-order valence-corrected chi connectivity index (χ0v) is 8.03. The van der Waals surface area contributed by atoms with E-state index in [2.05, 4.69) is 11.9 Å². The van der Waals surface area contributed by atoms with Crippen molar-refractivity contribution in [2.24, 2.45) is 5.73 Å². The van der Waals surface area contributed by atoms with E-state index in [1.54, 1.807) is 12.4 Å². The van der Waals surface area contributed by atoms with Gasteiger partial charge >= 0.3 is 0 Å². The van der Waals surface area contributed by atoms with Gasteiger partial charge in [-0.1, -0.05) is 19.8 Å². The van der Waals surface area contributed by atoms with Crippen LogP contribution >= 0.6 is 0 Å². The molecule has 0 spiro atoms. The molecule has 0 aliphatic rings. The lowest BCUT2D eigenvalue weighted by Gasteiger charge is -2.12. The van der Waals surface area contributed by atoms with Gasteiger partial charge in [0, 0.05) is 12.2 Å². The second-order valence-electron chi connectivity index (χ2n) is 3.25. The third-order valence-corrected chi connectivity index (χ3v) is 2.16. The fourth-order valence-electron chi connectivity index (χ4n) is 1.33. The van der Waals surface area contributed by atoms with Crippen LogP contribution < -0.4 is 11.5 Å². The van der Waals surface area contributed by atoms with Crippen molar-refractivity contribution in [3.05, 3.63) is 24.0 Å². The van der Waals surface area contributed by atoms with Gasteiger partial charge in [-0.25, -0.2) is 0 Å². The Morgan fingerprint density at radius 2 is 2.31 bits per heavy atom. The SMILES string of the molecule is CCCCC(N)c1ccncc1N. The standard InChI is InChI=1S/C10H17N3/c1-2-3-4-9(11)8-5-6-13-7-10(8)12/h5-7,9H,2-4,11-12H2,1H3. The Balaban J connectivity index is 2.65.